The fraction of sp³-hybridized carbons (Fsp3) is 0.391. The first kappa shape index (κ1) is 65.8. The Bertz CT molecular complexity index is 3880. The molecule has 8 aromatic rings. The topological polar surface area (TPSA) is 246 Å². The Morgan fingerprint density at radius 1 is 0.556 bits per heavy atom. The summed E-state index contributed by atoms with van der Waals surface area (Å²) in [5.74, 6) is -4.40. The van der Waals surface area contributed by atoms with Crippen LogP contribution in [-0.4, -0.2) is 146 Å². The van der Waals surface area contributed by atoms with Crippen LogP contribution >= 0.6 is 0 Å². The highest BCUT2D eigenvalue weighted by atomic mass is 19.1. The summed E-state index contributed by atoms with van der Waals surface area (Å²) in [4.78, 5) is 53.1. The standard InChI is InChI=1S/C34H37FN4O5.C19H18N2O3.C15H21FN2O3.CH4/c1-20(2)39-29-17-24(10-11-26(29)21(3)37-39)22-6-8-23(9-7-22)32(41)34(42)36-28(19-38-12-4-5-13-38)31(40)25-16-27(35)33-30(18-25)43-14-15-44-33;1-11(2)21-17-10-15(8-9-16(17)12(3)20-21)13-4-6-14(7-5-13)18(22)19(23)24;16-11-7-10(8-13-15(11)21-6-5-20-13)14(19)12(17)9-18-3-1-2-4-18;/h6-11,16-18,20,28,31,40H,4-5,12-15,19H2,1-3H3,(H,36,42);4-11H,1-3H3,(H,23,24);7-8,12,14,19H,1-6,9,17H2;1H4/t28-,31-;;12-,14-;/m1.1./s1. The van der Waals surface area contributed by atoms with Gasteiger partial charge in [-0.1, -0.05) is 80.2 Å². The minimum atomic E-state index is -1.44. The highest BCUT2D eigenvalue weighted by Crippen LogP contribution is 2.39. The number of carboxylic acids is 1. The van der Waals surface area contributed by atoms with Gasteiger partial charge in [0.15, 0.2) is 34.6 Å². The quantitative estimate of drug-likeness (QED) is 0.0420. The van der Waals surface area contributed by atoms with Gasteiger partial charge in [-0.05, 0) is 163 Å². The van der Waals surface area contributed by atoms with E-state index in [4.69, 9.17) is 29.8 Å². The largest absolute Gasteiger partial charge is 0.486 e. The van der Waals surface area contributed by atoms with Crippen molar-refractivity contribution in [3.63, 3.8) is 0 Å². The van der Waals surface area contributed by atoms with E-state index in [2.05, 4.69) is 71.2 Å². The number of carboxylic acid groups (broad SMARTS) is 1. The van der Waals surface area contributed by atoms with Crippen LogP contribution in [0.3, 0.4) is 0 Å². The molecule has 0 aliphatic carbocycles. The van der Waals surface area contributed by atoms with Crippen molar-refractivity contribution >= 4 is 45.2 Å². The van der Waals surface area contributed by atoms with E-state index in [9.17, 15) is 38.2 Å². The van der Waals surface area contributed by atoms with Gasteiger partial charge in [-0.25, -0.2) is 13.6 Å². The lowest BCUT2D eigenvalue weighted by Gasteiger charge is -2.29. The van der Waals surface area contributed by atoms with Gasteiger partial charge in [-0.3, -0.25) is 23.7 Å². The highest BCUT2D eigenvalue weighted by molar-refractivity contribution is 6.43. The molecule has 21 heteroatoms. The Morgan fingerprint density at radius 3 is 1.39 bits per heavy atom. The summed E-state index contributed by atoms with van der Waals surface area (Å²) < 4.78 is 54.3. The number of aromatic nitrogens is 4. The van der Waals surface area contributed by atoms with Crippen molar-refractivity contribution in [3.8, 4) is 45.3 Å². The number of nitrogens with one attached hydrogen (secondary N) is 1. The van der Waals surface area contributed by atoms with E-state index in [0.717, 1.165) is 94.5 Å². The van der Waals surface area contributed by atoms with Crippen molar-refractivity contribution in [2.75, 3.05) is 65.7 Å². The summed E-state index contributed by atoms with van der Waals surface area (Å²) in [7, 11) is 0. The van der Waals surface area contributed by atoms with E-state index in [1.807, 2.05) is 53.5 Å². The van der Waals surface area contributed by atoms with Crippen molar-refractivity contribution in [3.05, 3.63) is 154 Å². The lowest BCUT2D eigenvalue weighted by Crippen LogP contribution is -2.48. The smallest absolute Gasteiger partial charge is 0.377 e. The van der Waals surface area contributed by atoms with E-state index >= 15 is 0 Å². The summed E-state index contributed by atoms with van der Waals surface area (Å²) in [6, 6.07) is 30.6. The summed E-state index contributed by atoms with van der Waals surface area (Å²) >= 11 is 0. The molecular formula is C69H80F2N8O11. The van der Waals surface area contributed by atoms with Crippen molar-refractivity contribution in [2.24, 2.45) is 5.73 Å². The van der Waals surface area contributed by atoms with E-state index in [1.54, 1.807) is 42.5 Å². The van der Waals surface area contributed by atoms with Crippen LogP contribution in [0.25, 0.3) is 44.1 Å². The third-order valence-electron chi connectivity index (χ3n) is 16.5. The van der Waals surface area contributed by atoms with Crippen LogP contribution in [0.1, 0.15) is 128 Å². The van der Waals surface area contributed by atoms with Gasteiger partial charge in [0, 0.05) is 53.1 Å². The van der Waals surface area contributed by atoms with Gasteiger partial charge in [0.2, 0.25) is 5.78 Å². The third-order valence-corrected chi connectivity index (χ3v) is 16.5. The number of benzene rings is 6. The molecule has 0 spiro atoms. The molecule has 0 unspecified atom stereocenters. The van der Waals surface area contributed by atoms with Crippen molar-refractivity contribution in [1.82, 2.24) is 34.7 Å². The number of ether oxygens (including phenoxy) is 4. The third kappa shape index (κ3) is 14.8. The van der Waals surface area contributed by atoms with Crippen LogP contribution < -0.4 is 30.0 Å². The van der Waals surface area contributed by atoms with Crippen LogP contribution in [0.4, 0.5) is 8.78 Å². The van der Waals surface area contributed by atoms with Gasteiger partial charge in [-0.15, -0.1) is 0 Å². The number of halogens is 2. The second kappa shape index (κ2) is 28.9. The lowest BCUT2D eigenvalue weighted by molar-refractivity contribution is -0.131. The maximum atomic E-state index is 14.8. The molecule has 0 saturated carbocycles. The molecule has 1 amide bonds. The molecule has 0 radical (unpaired) electrons. The van der Waals surface area contributed by atoms with E-state index in [-0.39, 0.29) is 66.7 Å². The summed E-state index contributed by atoms with van der Waals surface area (Å²) in [5.41, 5.74) is 15.0. The zero-order valence-corrected chi connectivity index (χ0v) is 50.9. The molecule has 19 nitrogen and oxygen atoms in total. The molecule has 6 heterocycles. The molecule has 6 N–H and O–H groups in total. The van der Waals surface area contributed by atoms with Crippen LogP contribution in [0, 0.1) is 25.5 Å². The molecular weight excluding hydrogens is 1150 g/mol. The van der Waals surface area contributed by atoms with Gasteiger partial charge < -0.3 is 55.1 Å². The average molecular weight is 1240 g/mol. The summed E-state index contributed by atoms with van der Waals surface area (Å²) in [6.45, 7) is 18.1. The Labute approximate surface area is 522 Å². The van der Waals surface area contributed by atoms with E-state index in [1.165, 1.54) is 31.0 Å². The molecule has 476 valence electrons. The molecule has 90 heavy (non-hydrogen) atoms. The minimum Gasteiger partial charge on any atom is -0.486 e. The van der Waals surface area contributed by atoms with Crippen molar-refractivity contribution in [2.45, 2.75) is 111 Å². The number of amides is 1. The maximum Gasteiger partial charge on any atom is 0.377 e. The predicted octanol–water partition coefficient (Wildman–Crippen LogP) is 10.5. The number of aliphatic carboxylic acids is 1. The lowest BCUT2D eigenvalue weighted by atomic mass is 9.99. The first-order valence-corrected chi connectivity index (χ1v) is 30.3. The zero-order valence-electron chi connectivity index (χ0n) is 50.9. The zero-order chi connectivity index (χ0) is 63.2. The second-order valence-corrected chi connectivity index (χ2v) is 23.5. The van der Waals surface area contributed by atoms with Crippen molar-refractivity contribution in [1.29, 1.82) is 0 Å². The molecule has 0 bridgehead atoms. The number of aryl methyl sites for hydroxylation is 2. The Balaban J connectivity index is 0.000000176. The number of carbonyl (C=O) groups excluding carboxylic acids is 3. The Morgan fingerprint density at radius 2 is 0.956 bits per heavy atom. The molecule has 2 fully saturated rings. The fourth-order valence-electron chi connectivity index (χ4n) is 11.8. The number of Topliss-reactive ketones (excluding diaryl/α,β-unsaturated/α-hetero) is 2. The number of nitrogens with zero attached hydrogens (tertiary/aromatic N) is 6. The number of hydrogen-bond donors (Lipinski definition) is 5. The van der Waals surface area contributed by atoms with Gasteiger partial charge in [0.1, 0.15) is 32.5 Å². The maximum absolute atomic E-state index is 14.8. The Hall–Kier alpha value is -8.60. The predicted molar refractivity (Wildman–Crippen MR) is 340 cm³/mol. The number of aliphatic hydroxyl groups excluding tert-OH is 2. The number of fused-ring (bicyclic) bond motifs is 4. The van der Waals surface area contributed by atoms with Gasteiger partial charge in [0.25, 0.3) is 11.7 Å². The molecule has 4 aliphatic rings. The monoisotopic (exact) mass is 1230 g/mol. The fourth-order valence-corrected chi connectivity index (χ4v) is 11.8. The first-order valence-electron chi connectivity index (χ1n) is 30.3. The molecule has 4 aliphatic heterocycles. The van der Waals surface area contributed by atoms with Gasteiger partial charge >= 0.3 is 5.97 Å². The number of likely N-dealkylation sites (tertiary alicyclic amines) is 2. The summed E-state index contributed by atoms with van der Waals surface area (Å²) in [5, 5.41) is 44.7. The molecule has 12 rings (SSSR count). The number of nitrogens with two attached hydrogens (primary N) is 1. The van der Waals surface area contributed by atoms with Crippen LogP contribution in [0.5, 0.6) is 23.0 Å². The first-order chi connectivity index (χ1) is 42.7. The minimum absolute atomic E-state index is 0. The number of carbonyl (C=O) groups is 4. The Kier molecular flexibility index (Phi) is 21.2. The van der Waals surface area contributed by atoms with E-state index < -0.39 is 59.4 Å². The summed E-state index contributed by atoms with van der Waals surface area (Å²) in [6.07, 6.45) is 2.15. The SMILES string of the molecule is C.Cc1nn(C(C)C)c2cc(-c3ccc(C(=O)C(=O)N[C@H](CN4CCCC4)[C@H](O)c4cc(F)c5c(c4)OCCO5)cc3)ccc12.Cc1nn(C(C)C)c2cc(-c3ccc(C(=O)C(=O)O)cc3)ccc12.N[C@H](CN1CCCC1)[C@H](O)c1cc(F)c2c(c1)OCCO2. The number of ketones is 2. The molecule has 6 aromatic carbocycles. The van der Waals surface area contributed by atoms with Crippen LogP contribution in [0.2, 0.25) is 0 Å². The highest BCUT2D eigenvalue weighted by Gasteiger charge is 2.32. The average Bonchev–Trinajstić information content (AvgIpc) is 2.29. The number of aliphatic hydroxyl groups is 2. The van der Waals surface area contributed by atoms with Gasteiger partial charge in [0.05, 0.1) is 34.6 Å². The second-order valence-electron chi connectivity index (χ2n) is 23.5. The van der Waals surface area contributed by atoms with Crippen LogP contribution in [-0.2, 0) is 9.59 Å². The van der Waals surface area contributed by atoms with Gasteiger partial charge in [-0.2, -0.15) is 10.2 Å². The molecule has 2 saturated heterocycles. The van der Waals surface area contributed by atoms with Crippen LogP contribution in [0.15, 0.2) is 109 Å². The van der Waals surface area contributed by atoms with Crippen molar-refractivity contribution < 1.29 is 62.2 Å². The number of rotatable bonds is 17. The normalized spacial score (nSPS) is 15.9. The number of hydrogen-bond acceptors (Lipinski definition) is 15. The molecule has 2 aromatic heterocycles. The molecule has 4 atom stereocenters. The van der Waals surface area contributed by atoms with E-state index in [0.29, 0.717) is 37.6 Å².